The van der Waals surface area contributed by atoms with Crippen LogP contribution in [0, 0.1) is 5.92 Å². The van der Waals surface area contributed by atoms with Gasteiger partial charge in [-0.25, -0.2) is 0 Å². The van der Waals surface area contributed by atoms with Crippen LogP contribution in [0.15, 0.2) is 18.2 Å². The number of nitrogens with zero attached hydrogens (tertiary/aromatic N) is 1. The Bertz CT molecular complexity index is 472. The first-order chi connectivity index (χ1) is 9.72. The molecule has 2 unspecified atom stereocenters. The van der Waals surface area contributed by atoms with Gasteiger partial charge in [0.15, 0.2) is 0 Å². The van der Waals surface area contributed by atoms with E-state index < -0.39 is 0 Å². The number of rotatable bonds is 4. The monoisotopic (exact) mass is 350 g/mol. The second-order valence-electron chi connectivity index (χ2n) is 5.62. The molecule has 0 aromatic heterocycles. The quantitative estimate of drug-likeness (QED) is 0.899. The van der Waals surface area contributed by atoms with Crippen LogP contribution in [-0.2, 0) is 0 Å². The van der Waals surface area contributed by atoms with Gasteiger partial charge in [0.05, 0.1) is 5.02 Å². The van der Waals surface area contributed by atoms with E-state index in [-0.39, 0.29) is 12.4 Å². The van der Waals surface area contributed by atoms with E-state index in [4.69, 9.17) is 27.9 Å². The number of hydrogen-bond acceptors (Lipinski definition) is 3. The molecule has 2 atom stereocenters. The summed E-state index contributed by atoms with van der Waals surface area (Å²) in [4.78, 5) is 2.50. The molecule has 3 nitrogen and oxygen atoms in total. The molecule has 0 bridgehead atoms. The van der Waals surface area contributed by atoms with E-state index in [2.05, 4.69) is 10.2 Å². The normalized spacial score (nSPS) is 25.2. The lowest BCUT2D eigenvalue weighted by atomic mass is 9.93. The van der Waals surface area contributed by atoms with Crippen molar-refractivity contribution in [1.82, 2.24) is 10.2 Å². The molecule has 0 saturated carbocycles. The van der Waals surface area contributed by atoms with Crippen LogP contribution in [-0.4, -0.2) is 43.7 Å². The number of likely N-dealkylation sites (tertiary alicyclic amines) is 1. The summed E-state index contributed by atoms with van der Waals surface area (Å²) < 4.78 is 5.76. The topological polar surface area (TPSA) is 24.5 Å². The molecule has 0 aliphatic carbocycles. The van der Waals surface area contributed by atoms with Crippen LogP contribution < -0.4 is 10.1 Å². The standard InChI is InChI=1S/C15H20Cl2N2O.ClH/c16-12-1-2-15(13(17)9-12)20-8-7-19-6-4-14-11(10-19)3-5-18-14;/h1-2,9,11,14,18H,3-8,10H2;1H. The van der Waals surface area contributed by atoms with E-state index in [1.54, 1.807) is 12.1 Å². The minimum absolute atomic E-state index is 0. The third kappa shape index (κ3) is 4.40. The highest BCUT2D eigenvalue weighted by Gasteiger charge is 2.32. The van der Waals surface area contributed by atoms with E-state index in [1.807, 2.05) is 6.07 Å². The van der Waals surface area contributed by atoms with Crippen LogP contribution >= 0.6 is 35.6 Å². The Balaban J connectivity index is 0.00000161. The second-order valence-corrected chi connectivity index (χ2v) is 6.47. The van der Waals surface area contributed by atoms with Gasteiger partial charge in [0.1, 0.15) is 12.4 Å². The number of ether oxygens (including phenoxy) is 1. The van der Waals surface area contributed by atoms with E-state index >= 15 is 0 Å². The Morgan fingerprint density at radius 3 is 2.95 bits per heavy atom. The highest BCUT2D eigenvalue weighted by atomic mass is 35.5. The van der Waals surface area contributed by atoms with Crippen molar-refractivity contribution in [1.29, 1.82) is 0 Å². The van der Waals surface area contributed by atoms with Gasteiger partial charge in [-0.05, 0) is 50.0 Å². The van der Waals surface area contributed by atoms with Gasteiger partial charge in [-0.1, -0.05) is 23.2 Å². The number of halogens is 3. The Labute approximate surface area is 142 Å². The fraction of sp³-hybridized carbons (Fsp3) is 0.600. The summed E-state index contributed by atoms with van der Waals surface area (Å²) in [5.41, 5.74) is 0. The summed E-state index contributed by atoms with van der Waals surface area (Å²) in [6.45, 7) is 5.16. The van der Waals surface area contributed by atoms with Crippen LogP contribution in [0.4, 0.5) is 0 Å². The molecular weight excluding hydrogens is 331 g/mol. The van der Waals surface area contributed by atoms with Gasteiger partial charge >= 0.3 is 0 Å². The molecule has 2 aliphatic rings. The van der Waals surface area contributed by atoms with Gasteiger partial charge in [-0.3, -0.25) is 4.90 Å². The third-order valence-corrected chi connectivity index (χ3v) is 4.83. The molecule has 0 amide bonds. The van der Waals surface area contributed by atoms with Crippen LogP contribution in [0.2, 0.25) is 10.0 Å². The highest BCUT2D eigenvalue weighted by Crippen LogP contribution is 2.28. The summed E-state index contributed by atoms with van der Waals surface area (Å²) in [5.74, 6) is 1.54. The van der Waals surface area contributed by atoms with Crippen molar-refractivity contribution in [3.63, 3.8) is 0 Å². The van der Waals surface area contributed by atoms with Crippen LogP contribution in [0.3, 0.4) is 0 Å². The van der Waals surface area contributed by atoms with Gasteiger partial charge in [-0.15, -0.1) is 12.4 Å². The predicted molar refractivity (Wildman–Crippen MR) is 90.2 cm³/mol. The first-order valence-electron chi connectivity index (χ1n) is 7.26. The Kier molecular flexibility index (Phi) is 6.45. The van der Waals surface area contributed by atoms with Gasteiger partial charge < -0.3 is 10.1 Å². The minimum Gasteiger partial charge on any atom is -0.491 e. The molecule has 2 aliphatic heterocycles. The Morgan fingerprint density at radius 2 is 2.14 bits per heavy atom. The summed E-state index contributed by atoms with van der Waals surface area (Å²) in [5, 5.41) is 4.80. The largest absolute Gasteiger partial charge is 0.491 e. The molecule has 2 saturated heterocycles. The molecule has 118 valence electrons. The smallest absolute Gasteiger partial charge is 0.138 e. The zero-order chi connectivity index (χ0) is 13.9. The Morgan fingerprint density at radius 1 is 1.29 bits per heavy atom. The number of nitrogens with one attached hydrogen (secondary N) is 1. The van der Waals surface area contributed by atoms with Crippen LogP contribution in [0.1, 0.15) is 12.8 Å². The summed E-state index contributed by atoms with van der Waals surface area (Å²) in [7, 11) is 0. The summed E-state index contributed by atoms with van der Waals surface area (Å²) >= 11 is 12.0. The molecule has 0 spiro atoms. The third-order valence-electron chi connectivity index (χ3n) is 4.30. The molecule has 0 radical (unpaired) electrons. The molecule has 1 aromatic carbocycles. The van der Waals surface area contributed by atoms with Crippen molar-refractivity contribution in [2.45, 2.75) is 18.9 Å². The van der Waals surface area contributed by atoms with Crippen molar-refractivity contribution < 1.29 is 4.74 Å². The highest BCUT2D eigenvalue weighted by molar-refractivity contribution is 6.35. The lowest BCUT2D eigenvalue weighted by Gasteiger charge is -2.34. The zero-order valence-electron chi connectivity index (χ0n) is 11.9. The number of benzene rings is 1. The van der Waals surface area contributed by atoms with Crippen LogP contribution in [0.25, 0.3) is 0 Å². The maximum Gasteiger partial charge on any atom is 0.138 e. The SMILES string of the molecule is Cl.Clc1ccc(OCCN2CCC3NCCC3C2)c(Cl)c1. The molecule has 1 N–H and O–H groups in total. The van der Waals surface area contributed by atoms with Gasteiger partial charge in [0, 0.05) is 24.2 Å². The summed E-state index contributed by atoms with van der Waals surface area (Å²) in [6.07, 6.45) is 2.57. The first kappa shape index (κ1) is 17.2. The molecule has 2 fully saturated rings. The molecule has 1 aromatic rings. The van der Waals surface area contributed by atoms with Gasteiger partial charge in [-0.2, -0.15) is 0 Å². The number of fused-ring (bicyclic) bond motifs is 1. The first-order valence-corrected chi connectivity index (χ1v) is 8.01. The lowest BCUT2D eigenvalue weighted by Crippen LogP contribution is -2.45. The maximum absolute atomic E-state index is 6.09. The van der Waals surface area contributed by atoms with Crippen LogP contribution in [0.5, 0.6) is 5.75 Å². The van der Waals surface area contributed by atoms with Crippen molar-refractivity contribution in [3.05, 3.63) is 28.2 Å². The number of piperidine rings is 1. The fourth-order valence-corrected chi connectivity index (χ4v) is 3.67. The molecular formula is C15H21Cl3N2O. The molecule has 2 heterocycles. The predicted octanol–water partition coefficient (Wildman–Crippen LogP) is 3.48. The minimum atomic E-state index is 0. The Hall–Kier alpha value is -0.190. The van der Waals surface area contributed by atoms with E-state index in [9.17, 15) is 0 Å². The van der Waals surface area contributed by atoms with E-state index in [1.165, 1.54) is 25.9 Å². The average Bonchev–Trinajstić information content (AvgIpc) is 2.89. The van der Waals surface area contributed by atoms with Gasteiger partial charge in [0.25, 0.3) is 0 Å². The van der Waals surface area contributed by atoms with Crippen molar-refractivity contribution in [3.8, 4) is 5.75 Å². The van der Waals surface area contributed by atoms with Crippen molar-refractivity contribution in [2.24, 2.45) is 5.92 Å². The molecule has 21 heavy (non-hydrogen) atoms. The van der Waals surface area contributed by atoms with E-state index in [0.717, 1.165) is 25.0 Å². The maximum atomic E-state index is 6.09. The van der Waals surface area contributed by atoms with Gasteiger partial charge in [0.2, 0.25) is 0 Å². The fourth-order valence-electron chi connectivity index (χ4n) is 3.20. The molecule has 3 rings (SSSR count). The molecule has 6 heteroatoms. The second kappa shape index (κ2) is 7.89. The summed E-state index contributed by atoms with van der Waals surface area (Å²) in [6, 6.07) is 6.10. The van der Waals surface area contributed by atoms with E-state index in [0.29, 0.717) is 22.4 Å². The number of hydrogen-bond donors (Lipinski definition) is 1. The van der Waals surface area contributed by atoms with Crippen molar-refractivity contribution >= 4 is 35.6 Å². The zero-order valence-corrected chi connectivity index (χ0v) is 14.2. The lowest BCUT2D eigenvalue weighted by molar-refractivity contribution is 0.138. The average molecular weight is 352 g/mol. The van der Waals surface area contributed by atoms with Crippen molar-refractivity contribution in [2.75, 3.05) is 32.8 Å².